The molecule has 0 radical (unpaired) electrons. The van der Waals surface area contributed by atoms with E-state index in [0.717, 1.165) is 33.9 Å². The highest BCUT2D eigenvalue weighted by Gasteiger charge is 2.27. The lowest BCUT2D eigenvalue weighted by atomic mass is 9.81. The number of Topliss-reactive ketones (excluding diaryl/α,β-unsaturated/α-hetero) is 1. The molecule has 0 bridgehead atoms. The molecule has 0 aliphatic rings. The maximum Gasteiger partial charge on any atom is 0.152 e. The maximum atomic E-state index is 12.1. The van der Waals surface area contributed by atoms with Gasteiger partial charge in [-0.1, -0.05) is 39.0 Å². The molecule has 0 saturated carbocycles. The van der Waals surface area contributed by atoms with Crippen LogP contribution in [-0.4, -0.2) is 34.3 Å². The lowest BCUT2D eigenvalue weighted by molar-refractivity contribution is -0.120. The molecule has 0 fully saturated rings. The molecule has 27 heavy (non-hydrogen) atoms. The summed E-state index contributed by atoms with van der Waals surface area (Å²) in [6, 6.07) is 7.98. The predicted molar refractivity (Wildman–Crippen MR) is 109 cm³/mol. The molecule has 0 unspecified atom stereocenters. The van der Waals surface area contributed by atoms with Gasteiger partial charge in [-0.25, -0.2) is 4.98 Å². The van der Waals surface area contributed by atoms with Gasteiger partial charge in [0, 0.05) is 36.4 Å². The average Bonchev–Trinajstić information content (AvgIpc) is 2.98. The summed E-state index contributed by atoms with van der Waals surface area (Å²) in [6.07, 6.45) is 1.83. The molecule has 0 saturated heterocycles. The highest BCUT2D eigenvalue weighted by atomic mass is 16.5. The second-order valence-corrected chi connectivity index (χ2v) is 7.81. The first kappa shape index (κ1) is 19.3. The predicted octanol–water partition coefficient (Wildman–Crippen LogP) is 3.75. The van der Waals surface area contributed by atoms with Crippen LogP contribution in [0.3, 0.4) is 0 Å². The van der Waals surface area contributed by atoms with Crippen molar-refractivity contribution in [1.29, 1.82) is 0 Å². The average molecular weight is 368 g/mol. The molecule has 2 N–H and O–H groups in total. The van der Waals surface area contributed by atoms with Crippen molar-refractivity contribution in [3.8, 4) is 0 Å². The lowest BCUT2D eigenvalue weighted by Gasteiger charge is -2.24. The second-order valence-electron chi connectivity index (χ2n) is 7.81. The van der Waals surface area contributed by atoms with E-state index in [1.807, 2.05) is 29.8 Å². The SMILES string of the molecule is CCC(=O)CC(C)(C)Cc1c2c(nn1CCOC)c(N)nc1ccccc12. The summed E-state index contributed by atoms with van der Waals surface area (Å²) < 4.78 is 7.23. The van der Waals surface area contributed by atoms with Crippen molar-refractivity contribution < 1.29 is 9.53 Å². The Balaban J connectivity index is 2.19. The number of anilines is 1. The van der Waals surface area contributed by atoms with E-state index in [9.17, 15) is 4.79 Å². The third kappa shape index (κ3) is 3.95. The van der Waals surface area contributed by atoms with Crippen LogP contribution >= 0.6 is 0 Å². The van der Waals surface area contributed by atoms with Gasteiger partial charge in [-0.3, -0.25) is 9.48 Å². The number of aromatic nitrogens is 3. The minimum absolute atomic E-state index is 0.177. The zero-order valence-electron chi connectivity index (χ0n) is 16.6. The van der Waals surface area contributed by atoms with Crippen LogP contribution in [0.5, 0.6) is 0 Å². The van der Waals surface area contributed by atoms with E-state index in [1.165, 1.54) is 0 Å². The summed E-state index contributed by atoms with van der Waals surface area (Å²) in [5.74, 6) is 0.710. The van der Waals surface area contributed by atoms with E-state index in [0.29, 0.717) is 31.8 Å². The smallest absolute Gasteiger partial charge is 0.152 e. The van der Waals surface area contributed by atoms with Gasteiger partial charge in [0.05, 0.1) is 18.7 Å². The molecule has 3 rings (SSSR count). The van der Waals surface area contributed by atoms with Crippen molar-refractivity contribution in [3.63, 3.8) is 0 Å². The number of benzene rings is 1. The Morgan fingerprint density at radius 3 is 2.74 bits per heavy atom. The van der Waals surface area contributed by atoms with Gasteiger partial charge in [0.15, 0.2) is 5.82 Å². The van der Waals surface area contributed by atoms with Gasteiger partial charge in [-0.15, -0.1) is 0 Å². The Kier molecular flexibility index (Phi) is 5.46. The summed E-state index contributed by atoms with van der Waals surface area (Å²) in [7, 11) is 1.68. The molecule has 2 aromatic heterocycles. The number of pyridine rings is 1. The number of para-hydroxylation sites is 1. The van der Waals surface area contributed by atoms with Gasteiger partial charge in [0.2, 0.25) is 0 Å². The number of fused-ring (bicyclic) bond motifs is 3. The zero-order valence-corrected chi connectivity index (χ0v) is 16.6. The standard InChI is InChI=1S/C21H28N4O2/c1-5-14(26)12-21(2,3)13-17-18-15-8-6-7-9-16(15)23-20(22)19(18)24-25(17)10-11-27-4/h6-9H,5,10-13H2,1-4H3,(H2,22,23). The normalized spacial score (nSPS) is 12.1. The molecule has 0 amide bonds. The van der Waals surface area contributed by atoms with Crippen molar-refractivity contribution in [1.82, 2.24) is 14.8 Å². The van der Waals surface area contributed by atoms with Crippen molar-refractivity contribution in [3.05, 3.63) is 30.0 Å². The number of ketones is 1. The molecule has 3 aromatic rings. The summed E-state index contributed by atoms with van der Waals surface area (Å²) >= 11 is 0. The Bertz CT molecular complexity index is 975. The van der Waals surface area contributed by atoms with Crippen LogP contribution in [-0.2, 0) is 22.5 Å². The largest absolute Gasteiger partial charge is 0.383 e. The number of ether oxygens (including phenoxy) is 1. The monoisotopic (exact) mass is 368 g/mol. The van der Waals surface area contributed by atoms with Gasteiger partial charge in [-0.05, 0) is 17.9 Å². The quantitative estimate of drug-likeness (QED) is 0.655. The Morgan fingerprint density at radius 1 is 1.30 bits per heavy atom. The molecular weight excluding hydrogens is 340 g/mol. The van der Waals surface area contributed by atoms with E-state index in [1.54, 1.807) is 7.11 Å². The Hall–Kier alpha value is -2.47. The molecule has 0 spiro atoms. The molecule has 0 aliphatic heterocycles. The fourth-order valence-electron chi connectivity index (χ4n) is 3.64. The van der Waals surface area contributed by atoms with E-state index >= 15 is 0 Å². The first-order valence-electron chi connectivity index (χ1n) is 9.40. The van der Waals surface area contributed by atoms with Gasteiger partial charge in [-0.2, -0.15) is 5.10 Å². The van der Waals surface area contributed by atoms with Crippen LogP contribution in [0, 0.1) is 5.41 Å². The number of nitrogens with zero attached hydrogens (tertiary/aromatic N) is 3. The van der Waals surface area contributed by atoms with Gasteiger partial charge in [0.25, 0.3) is 0 Å². The number of carbonyl (C=O) groups is 1. The molecule has 144 valence electrons. The minimum Gasteiger partial charge on any atom is -0.383 e. The molecule has 6 heteroatoms. The van der Waals surface area contributed by atoms with Gasteiger partial charge < -0.3 is 10.5 Å². The zero-order chi connectivity index (χ0) is 19.6. The highest BCUT2D eigenvalue weighted by molar-refractivity contribution is 6.09. The van der Waals surface area contributed by atoms with E-state index in [-0.39, 0.29) is 11.2 Å². The minimum atomic E-state index is -0.177. The topological polar surface area (TPSA) is 83.0 Å². The highest BCUT2D eigenvalue weighted by Crippen LogP contribution is 2.35. The fourth-order valence-corrected chi connectivity index (χ4v) is 3.64. The molecular formula is C21H28N4O2. The van der Waals surface area contributed by atoms with Crippen LogP contribution in [0.25, 0.3) is 21.8 Å². The molecule has 6 nitrogen and oxygen atoms in total. The van der Waals surface area contributed by atoms with Gasteiger partial charge in [0.1, 0.15) is 11.3 Å². The number of hydrogen-bond acceptors (Lipinski definition) is 5. The van der Waals surface area contributed by atoms with Crippen LogP contribution < -0.4 is 5.73 Å². The summed E-state index contributed by atoms with van der Waals surface area (Å²) in [4.78, 5) is 16.6. The first-order valence-corrected chi connectivity index (χ1v) is 9.40. The molecule has 2 heterocycles. The fraction of sp³-hybridized carbons (Fsp3) is 0.476. The van der Waals surface area contributed by atoms with Crippen molar-refractivity contribution >= 4 is 33.4 Å². The number of carbonyl (C=O) groups excluding carboxylic acids is 1. The van der Waals surface area contributed by atoms with Crippen molar-refractivity contribution in [2.75, 3.05) is 19.5 Å². The van der Waals surface area contributed by atoms with Crippen molar-refractivity contribution in [2.45, 2.75) is 46.6 Å². The van der Waals surface area contributed by atoms with Gasteiger partial charge >= 0.3 is 0 Å². The number of nitrogen functional groups attached to an aromatic ring is 1. The Morgan fingerprint density at radius 2 is 2.04 bits per heavy atom. The lowest BCUT2D eigenvalue weighted by Crippen LogP contribution is -2.22. The van der Waals surface area contributed by atoms with Crippen LogP contribution in [0.1, 0.15) is 39.3 Å². The number of rotatable bonds is 8. The van der Waals surface area contributed by atoms with Crippen LogP contribution in [0.2, 0.25) is 0 Å². The number of methoxy groups -OCH3 is 1. The van der Waals surface area contributed by atoms with Crippen LogP contribution in [0.4, 0.5) is 5.82 Å². The van der Waals surface area contributed by atoms with E-state index in [4.69, 9.17) is 15.6 Å². The van der Waals surface area contributed by atoms with E-state index < -0.39 is 0 Å². The molecule has 0 aliphatic carbocycles. The maximum absolute atomic E-state index is 12.1. The summed E-state index contributed by atoms with van der Waals surface area (Å²) in [5.41, 5.74) is 8.71. The molecule has 1 aromatic carbocycles. The third-order valence-corrected chi connectivity index (χ3v) is 4.94. The van der Waals surface area contributed by atoms with E-state index in [2.05, 4.69) is 24.9 Å². The number of nitrogens with two attached hydrogens (primary N) is 1. The Labute approximate surface area is 159 Å². The number of hydrogen-bond donors (Lipinski definition) is 1. The summed E-state index contributed by atoms with van der Waals surface area (Å²) in [5, 5.41) is 6.82. The first-order chi connectivity index (χ1) is 12.9. The second kappa shape index (κ2) is 7.64. The summed E-state index contributed by atoms with van der Waals surface area (Å²) in [6.45, 7) is 7.36. The third-order valence-electron chi connectivity index (χ3n) is 4.94. The molecule has 0 atom stereocenters. The van der Waals surface area contributed by atoms with Crippen LogP contribution in [0.15, 0.2) is 24.3 Å². The van der Waals surface area contributed by atoms with Crippen molar-refractivity contribution in [2.24, 2.45) is 5.41 Å².